The van der Waals surface area contributed by atoms with Crippen LogP contribution in [-0.4, -0.2) is 50.6 Å². The van der Waals surface area contributed by atoms with Crippen molar-refractivity contribution < 1.29 is 19.4 Å². The maximum absolute atomic E-state index is 12.1. The molecule has 0 radical (unpaired) electrons. The highest BCUT2D eigenvalue weighted by atomic mass is 16.5. The quantitative estimate of drug-likeness (QED) is 0.675. The second-order valence-corrected chi connectivity index (χ2v) is 4.96. The number of rotatable bonds is 9. The molecule has 2 N–H and O–H groups in total. The number of aryl methyl sites for hydroxylation is 2. The summed E-state index contributed by atoms with van der Waals surface area (Å²) < 4.78 is 10.4. The molecule has 0 bridgehead atoms. The monoisotopic (exact) mass is 295 g/mol. The highest BCUT2D eigenvalue weighted by molar-refractivity contribution is 5.96. The van der Waals surface area contributed by atoms with Crippen LogP contribution in [0.15, 0.2) is 12.1 Å². The lowest BCUT2D eigenvalue weighted by Gasteiger charge is -2.11. The predicted molar refractivity (Wildman–Crippen MR) is 81.7 cm³/mol. The van der Waals surface area contributed by atoms with Gasteiger partial charge in [0.05, 0.1) is 33.0 Å². The first-order valence-electron chi connectivity index (χ1n) is 7.18. The van der Waals surface area contributed by atoms with Gasteiger partial charge in [0.1, 0.15) is 0 Å². The number of aliphatic hydroxyl groups excluding tert-OH is 1. The number of amides is 1. The van der Waals surface area contributed by atoms with Gasteiger partial charge in [-0.15, -0.1) is 0 Å². The second kappa shape index (κ2) is 9.50. The molecule has 0 heterocycles. The summed E-state index contributed by atoms with van der Waals surface area (Å²) in [5.41, 5.74) is 3.94. The molecule has 0 fully saturated rings. The first-order valence-corrected chi connectivity index (χ1v) is 7.18. The maximum atomic E-state index is 12.1. The highest BCUT2D eigenvalue weighted by Crippen LogP contribution is 2.15. The van der Waals surface area contributed by atoms with E-state index in [-0.39, 0.29) is 12.5 Å². The third-order valence-corrected chi connectivity index (χ3v) is 3.20. The van der Waals surface area contributed by atoms with Gasteiger partial charge in [-0.05, 0) is 38.0 Å². The molecule has 1 aromatic carbocycles. The molecule has 5 nitrogen and oxygen atoms in total. The minimum atomic E-state index is -0.0700. The van der Waals surface area contributed by atoms with Gasteiger partial charge in [-0.25, -0.2) is 0 Å². The van der Waals surface area contributed by atoms with Crippen LogP contribution in [0.5, 0.6) is 0 Å². The smallest absolute Gasteiger partial charge is 0.251 e. The van der Waals surface area contributed by atoms with Gasteiger partial charge in [0.25, 0.3) is 5.91 Å². The van der Waals surface area contributed by atoms with Crippen molar-refractivity contribution in [2.75, 3.05) is 39.6 Å². The number of nitrogens with one attached hydrogen (secondary N) is 1. The van der Waals surface area contributed by atoms with Crippen LogP contribution in [0.3, 0.4) is 0 Å². The van der Waals surface area contributed by atoms with E-state index in [0.29, 0.717) is 33.0 Å². The Hall–Kier alpha value is -1.43. The normalized spacial score (nSPS) is 10.7. The summed E-state index contributed by atoms with van der Waals surface area (Å²) in [4.78, 5) is 12.1. The van der Waals surface area contributed by atoms with E-state index in [1.807, 2.05) is 26.8 Å². The number of carbonyl (C=O) groups is 1. The average molecular weight is 295 g/mol. The first-order chi connectivity index (χ1) is 10.1. The third kappa shape index (κ3) is 6.25. The van der Waals surface area contributed by atoms with Gasteiger partial charge in [0.2, 0.25) is 0 Å². The van der Waals surface area contributed by atoms with Crippen molar-refractivity contribution in [1.82, 2.24) is 5.32 Å². The molecule has 0 aliphatic carbocycles. The van der Waals surface area contributed by atoms with Gasteiger partial charge in [0.15, 0.2) is 0 Å². The van der Waals surface area contributed by atoms with E-state index < -0.39 is 0 Å². The van der Waals surface area contributed by atoms with E-state index in [0.717, 1.165) is 22.3 Å². The molecule has 0 spiro atoms. The van der Waals surface area contributed by atoms with Gasteiger partial charge in [-0.2, -0.15) is 0 Å². The van der Waals surface area contributed by atoms with Crippen LogP contribution in [0.4, 0.5) is 0 Å². The molecule has 21 heavy (non-hydrogen) atoms. The molecular weight excluding hydrogens is 270 g/mol. The van der Waals surface area contributed by atoms with Gasteiger partial charge >= 0.3 is 0 Å². The molecule has 118 valence electrons. The lowest BCUT2D eigenvalue weighted by Crippen LogP contribution is -2.28. The molecule has 0 saturated heterocycles. The maximum Gasteiger partial charge on any atom is 0.251 e. The van der Waals surface area contributed by atoms with Crippen LogP contribution < -0.4 is 5.32 Å². The van der Waals surface area contributed by atoms with E-state index in [2.05, 4.69) is 11.4 Å². The number of hydrogen-bond acceptors (Lipinski definition) is 4. The van der Waals surface area contributed by atoms with Crippen LogP contribution in [-0.2, 0) is 9.47 Å². The SMILES string of the molecule is Cc1cc(C)c(C)c(C(=O)NCCOCCOCCO)c1. The van der Waals surface area contributed by atoms with Crippen molar-refractivity contribution in [2.45, 2.75) is 20.8 Å². The first kappa shape index (κ1) is 17.6. The topological polar surface area (TPSA) is 67.8 Å². The Morgan fingerprint density at radius 1 is 1.10 bits per heavy atom. The second-order valence-electron chi connectivity index (χ2n) is 4.96. The Labute approximate surface area is 126 Å². The average Bonchev–Trinajstić information content (AvgIpc) is 2.45. The molecule has 1 amide bonds. The minimum absolute atomic E-state index is 0.0192. The van der Waals surface area contributed by atoms with E-state index in [9.17, 15) is 4.79 Å². The minimum Gasteiger partial charge on any atom is -0.394 e. The number of ether oxygens (including phenoxy) is 2. The summed E-state index contributed by atoms with van der Waals surface area (Å²) in [6, 6.07) is 3.98. The van der Waals surface area contributed by atoms with Crippen molar-refractivity contribution in [3.63, 3.8) is 0 Å². The lowest BCUT2D eigenvalue weighted by atomic mass is 10.00. The van der Waals surface area contributed by atoms with Crippen LogP contribution in [0.2, 0.25) is 0 Å². The van der Waals surface area contributed by atoms with Crippen molar-refractivity contribution in [2.24, 2.45) is 0 Å². The van der Waals surface area contributed by atoms with Crippen molar-refractivity contribution in [3.8, 4) is 0 Å². The summed E-state index contributed by atoms with van der Waals surface area (Å²) in [5.74, 6) is -0.0700. The standard InChI is InChI=1S/C16H25NO4/c1-12-10-13(2)14(3)15(11-12)16(19)17-4-6-20-8-9-21-7-5-18/h10-11,18H,4-9H2,1-3H3,(H,17,19). The lowest BCUT2D eigenvalue weighted by molar-refractivity contribution is 0.0338. The van der Waals surface area contributed by atoms with Gasteiger partial charge in [-0.1, -0.05) is 11.6 Å². The number of carbonyl (C=O) groups excluding carboxylic acids is 1. The molecule has 0 atom stereocenters. The van der Waals surface area contributed by atoms with Crippen molar-refractivity contribution >= 4 is 5.91 Å². The van der Waals surface area contributed by atoms with Crippen molar-refractivity contribution in [1.29, 1.82) is 0 Å². The summed E-state index contributed by atoms with van der Waals surface area (Å²) in [6.07, 6.45) is 0. The Balaban J connectivity index is 2.28. The zero-order chi connectivity index (χ0) is 15.7. The Bertz CT molecular complexity index is 460. The van der Waals surface area contributed by atoms with Crippen LogP contribution in [0, 0.1) is 20.8 Å². The molecule has 0 aliphatic heterocycles. The summed E-state index contributed by atoms with van der Waals surface area (Å²) in [5, 5.41) is 11.4. The summed E-state index contributed by atoms with van der Waals surface area (Å²) in [6.45, 7) is 8.11. The Kier molecular flexibility index (Phi) is 7.97. The van der Waals surface area contributed by atoms with Gasteiger partial charge < -0.3 is 19.9 Å². The molecule has 0 aliphatic rings. The molecule has 1 aromatic rings. The fourth-order valence-corrected chi connectivity index (χ4v) is 1.99. The van der Waals surface area contributed by atoms with Crippen LogP contribution in [0.1, 0.15) is 27.0 Å². The van der Waals surface area contributed by atoms with E-state index in [1.54, 1.807) is 0 Å². The molecule has 0 unspecified atom stereocenters. The number of benzene rings is 1. The van der Waals surface area contributed by atoms with Gasteiger partial charge in [-0.3, -0.25) is 4.79 Å². The number of hydrogen-bond donors (Lipinski definition) is 2. The molecule has 5 heteroatoms. The van der Waals surface area contributed by atoms with Crippen molar-refractivity contribution in [3.05, 3.63) is 34.4 Å². The Morgan fingerprint density at radius 3 is 2.43 bits per heavy atom. The largest absolute Gasteiger partial charge is 0.394 e. The zero-order valence-electron chi connectivity index (χ0n) is 13.1. The fraction of sp³-hybridized carbons (Fsp3) is 0.562. The summed E-state index contributed by atoms with van der Waals surface area (Å²) in [7, 11) is 0. The molecule has 0 saturated carbocycles. The summed E-state index contributed by atoms with van der Waals surface area (Å²) >= 11 is 0. The van der Waals surface area contributed by atoms with E-state index in [1.165, 1.54) is 0 Å². The number of aliphatic hydroxyl groups is 1. The zero-order valence-corrected chi connectivity index (χ0v) is 13.1. The predicted octanol–water partition coefficient (Wildman–Crippen LogP) is 1.37. The van der Waals surface area contributed by atoms with Crippen LogP contribution in [0.25, 0.3) is 0 Å². The Morgan fingerprint density at radius 2 is 1.76 bits per heavy atom. The van der Waals surface area contributed by atoms with E-state index >= 15 is 0 Å². The van der Waals surface area contributed by atoms with E-state index in [4.69, 9.17) is 14.6 Å². The molecule has 0 aromatic heterocycles. The fourth-order valence-electron chi connectivity index (χ4n) is 1.99. The van der Waals surface area contributed by atoms with Gasteiger partial charge in [0, 0.05) is 12.1 Å². The highest BCUT2D eigenvalue weighted by Gasteiger charge is 2.10. The molecule has 1 rings (SSSR count). The van der Waals surface area contributed by atoms with Crippen LogP contribution >= 0.6 is 0 Å². The third-order valence-electron chi connectivity index (χ3n) is 3.20. The molecular formula is C16H25NO4.